The van der Waals surface area contributed by atoms with Crippen LogP contribution in [0.25, 0.3) is 0 Å². The number of carbonyl (C=O) groups is 1. The summed E-state index contributed by atoms with van der Waals surface area (Å²) in [6.07, 6.45) is 1.62. The van der Waals surface area contributed by atoms with E-state index >= 15 is 0 Å². The zero-order chi connectivity index (χ0) is 14.6. The summed E-state index contributed by atoms with van der Waals surface area (Å²) in [5.41, 5.74) is 0.768. The zero-order valence-corrected chi connectivity index (χ0v) is 11.7. The van der Waals surface area contributed by atoms with E-state index in [0.717, 1.165) is 6.08 Å². The maximum atomic E-state index is 11.4. The van der Waals surface area contributed by atoms with Crippen LogP contribution in [0.3, 0.4) is 0 Å². The van der Waals surface area contributed by atoms with E-state index in [1.54, 1.807) is 6.07 Å². The maximum Gasteiger partial charge on any atom is 0.296 e. The zero-order valence-electron chi connectivity index (χ0n) is 10.9. The predicted octanol–water partition coefficient (Wildman–Crippen LogP) is 2.26. The second-order valence-corrected chi connectivity index (χ2v) is 5.95. The van der Waals surface area contributed by atoms with E-state index in [9.17, 15) is 17.8 Å². The number of para-hydroxylation sites is 1. The van der Waals surface area contributed by atoms with Gasteiger partial charge in [-0.25, -0.2) is 0 Å². The smallest absolute Gasteiger partial charge is 0.296 e. The molecule has 0 radical (unpaired) electrons. The Kier molecular flexibility index (Phi) is 4.85. The molecule has 2 N–H and O–H groups in total. The van der Waals surface area contributed by atoms with Crippen LogP contribution < -0.4 is 5.32 Å². The Morgan fingerprint density at radius 2 is 2.11 bits per heavy atom. The molecule has 0 bridgehead atoms. The molecule has 1 rings (SSSR count). The van der Waals surface area contributed by atoms with E-state index in [0.29, 0.717) is 12.0 Å². The summed E-state index contributed by atoms with van der Waals surface area (Å²) >= 11 is 0. The van der Waals surface area contributed by atoms with Gasteiger partial charge in [0.2, 0.25) is 5.91 Å². The number of carbonyl (C=O) groups excluding carboxylic acids is 1. The molecule has 0 aliphatic carbocycles. The highest BCUT2D eigenvalue weighted by Crippen LogP contribution is 2.27. The van der Waals surface area contributed by atoms with Crippen LogP contribution in [0, 0.1) is 5.92 Å². The molecule has 104 valence electrons. The van der Waals surface area contributed by atoms with E-state index in [1.165, 1.54) is 12.1 Å². The molecule has 1 aromatic carbocycles. The van der Waals surface area contributed by atoms with Crippen LogP contribution in [0.1, 0.15) is 19.4 Å². The van der Waals surface area contributed by atoms with Crippen molar-refractivity contribution in [1.29, 1.82) is 0 Å². The first-order chi connectivity index (χ1) is 8.75. The van der Waals surface area contributed by atoms with Crippen molar-refractivity contribution in [1.82, 2.24) is 0 Å². The summed E-state index contributed by atoms with van der Waals surface area (Å²) < 4.78 is 31.9. The second-order valence-electron chi connectivity index (χ2n) is 4.56. The lowest BCUT2D eigenvalue weighted by Crippen LogP contribution is -2.14. The Morgan fingerprint density at radius 1 is 1.47 bits per heavy atom. The Hall–Kier alpha value is -1.66. The van der Waals surface area contributed by atoms with Gasteiger partial charge in [0, 0.05) is 0 Å². The summed E-state index contributed by atoms with van der Waals surface area (Å²) in [6.45, 7) is 7.26. The maximum absolute atomic E-state index is 11.4. The highest BCUT2D eigenvalue weighted by molar-refractivity contribution is 7.86. The number of hydrogen-bond acceptors (Lipinski definition) is 3. The highest BCUT2D eigenvalue weighted by Gasteiger charge is 2.19. The topological polar surface area (TPSA) is 83.5 Å². The third kappa shape index (κ3) is 4.18. The number of hydrogen-bond donors (Lipinski definition) is 2. The molecule has 6 heteroatoms. The normalized spacial score (nSPS) is 11.4. The van der Waals surface area contributed by atoms with Gasteiger partial charge in [0.25, 0.3) is 10.1 Å². The predicted molar refractivity (Wildman–Crippen MR) is 73.6 cm³/mol. The third-order valence-electron chi connectivity index (χ3n) is 2.45. The quantitative estimate of drug-likeness (QED) is 0.641. The number of rotatable bonds is 5. The average molecular weight is 283 g/mol. The highest BCUT2D eigenvalue weighted by atomic mass is 32.2. The van der Waals surface area contributed by atoms with Gasteiger partial charge >= 0.3 is 0 Å². The largest absolute Gasteiger partial charge is 0.321 e. The second kappa shape index (κ2) is 5.99. The first kappa shape index (κ1) is 15.4. The molecule has 1 amide bonds. The van der Waals surface area contributed by atoms with Crippen LogP contribution in [0.5, 0.6) is 0 Å². The molecule has 19 heavy (non-hydrogen) atoms. The van der Waals surface area contributed by atoms with Gasteiger partial charge < -0.3 is 5.32 Å². The molecule has 5 nitrogen and oxygen atoms in total. The van der Waals surface area contributed by atoms with Gasteiger partial charge in [-0.1, -0.05) is 32.6 Å². The van der Waals surface area contributed by atoms with Gasteiger partial charge in [-0.2, -0.15) is 8.42 Å². The van der Waals surface area contributed by atoms with Gasteiger partial charge in [0.1, 0.15) is 4.90 Å². The molecular weight excluding hydrogens is 266 g/mol. The van der Waals surface area contributed by atoms with Crippen molar-refractivity contribution in [2.45, 2.75) is 25.2 Å². The minimum Gasteiger partial charge on any atom is -0.321 e. The fourth-order valence-corrected chi connectivity index (χ4v) is 2.41. The molecular formula is C13H17NO4S. The molecule has 0 aliphatic rings. The number of nitrogens with one attached hydrogen (secondary N) is 1. The van der Waals surface area contributed by atoms with Gasteiger partial charge in [-0.05, 0) is 30.0 Å². The van der Waals surface area contributed by atoms with E-state index in [1.807, 2.05) is 13.8 Å². The number of anilines is 1. The Labute approximate surface area is 113 Å². The monoisotopic (exact) mass is 283 g/mol. The van der Waals surface area contributed by atoms with Crippen molar-refractivity contribution < 1.29 is 17.8 Å². The number of amides is 1. The van der Waals surface area contributed by atoms with Crippen molar-refractivity contribution in [3.05, 3.63) is 36.4 Å². The Bertz CT molecular complexity index is 591. The molecule has 0 saturated carbocycles. The van der Waals surface area contributed by atoms with Gasteiger partial charge in [0.15, 0.2) is 0 Å². The van der Waals surface area contributed by atoms with Crippen molar-refractivity contribution in [2.75, 3.05) is 5.32 Å². The van der Waals surface area contributed by atoms with Gasteiger partial charge in [-0.3, -0.25) is 9.35 Å². The van der Waals surface area contributed by atoms with Crippen LogP contribution in [-0.4, -0.2) is 18.9 Å². The van der Waals surface area contributed by atoms with Crippen molar-refractivity contribution >= 4 is 21.7 Å². The molecule has 0 heterocycles. The van der Waals surface area contributed by atoms with Crippen molar-refractivity contribution in [3.63, 3.8) is 0 Å². The summed E-state index contributed by atoms with van der Waals surface area (Å²) in [5, 5.41) is 2.44. The molecule has 0 unspecified atom stereocenters. The standard InChI is InChI=1S/C13H17NO4S/c1-4-12(15)14-13-10(8-9(2)3)6-5-7-11(13)19(16,17)18/h4-7,9H,1,8H2,2-3H3,(H,14,15)(H,16,17,18). The summed E-state index contributed by atoms with van der Waals surface area (Å²) in [6, 6.07) is 4.50. The minimum atomic E-state index is -4.39. The summed E-state index contributed by atoms with van der Waals surface area (Å²) in [4.78, 5) is 11.1. The number of benzene rings is 1. The van der Waals surface area contributed by atoms with E-state index in [-0.39, 0.29) is 16.5 Å². The molecule has 0 saturated heterocycles. The molecule has 1 aromatic rings. The van der Waals surface area contributed by atoms with Crippen LogP contribution in [0.4, 0.5) is 5.69 Å². The van der Waals surface area contributed by atoms with E-state index in [4.69, 9.17) is 0 Å². The van der Waals surface area contributed by atoms with Crippen LogP contribution in [-0.2, 0) is 21.3 Å². The van der Waals surface area contributed by atoms with Crippen LogP contribution >= 0.6 is 0 Å². The minimum absolute atomic E-state index is 0.114. The van der Waals surface area contributed by atoms with Crippen molar-refractivity contribution in [3.8, 4) is 0 Å². The summed E-state index contributed by atoms with van der Waals surface area (Å²) in [7, 11) is -4.39. The molecule has 0 spiro atoms. The lowest BCUT2D eigenvalue weighted by Gasteiger charge is -2.15. The fraction of sp³-hybridized carbons (Fsp3) is 0.308. The first-order valence-corrected chi connectivity index (χ1v) is 7.22. The Morgan fingerprint density at radius 3 is 2.58 bits per heavy atom. The molecule has 0 fully saturated rings. The molecule has 0 aliphatic heterocycles. The average Bonchev–Trinajstić information content (AvgIpc) is 2.28. The van der Waals surface area contributed by atoms with Crippen LogP contribution in [0.2, 0.25) is 0 Å². The molecule has 0 atom stereocenters. The van der Waals surface area contributed by atoms with Crippen molar-refractivity contribution in [2.24, 2.45) is 5.92 Å². The van der Waals surface area contributed by atoms with E-state index < -0.39 is 16.0 Å². The van der Waals surface area contributed by atoms with Gasteiger partial charge in [-0.15, -0.1) is 0 Å². The summed E-state index contributed by atoms with van der Waals surface area (Å²) in [5.74, 6) is -0.253. The lowest BCUT2D eigenvalue weighted by molar-refractivity contribution is -0.111. The first-order valence-electron chi connectivity index (χ1n) is 5.78. The van der Waals surface area contributed by atoms with Gasteiger partial charge in [0.05, 0.1) is 5.69 Å². The Balaban J connectivity index is 3.40. The van der Waals surface area contributed by atoms with E-state index in [2.05, 4.69) is 11.9 Å². The molecule has 0 aromatic heterocycles. The fourth-order valence-electron chi connectivity index (χ4n) is 1.72. The SMILES string of the molecule is C=CC(=O)Nc1c(CC(C)C)cccc1S(=O)(=O)O. The lowest BCUT2D eigenvalue weighted by atomic mass is 10.0. The third-order valence-corrected chi connectivity index (χ3v) is 3.35. The van der Waals surface area contributed by atoms with Crippen LogP contribution in [0.15, 0.2) is 35.7 Å².